The molecule has 0 saturated carbocycles. The SMILES string of the molecule is COc1ccc(N2CCc3cc(-c4c(C)nc(C)c(C(OC(C)(C)C)C(=O)O)c4N4CCC(C)(C)CC4)ccc3C2)nn1. The Labute approximate surface area is 255 Å². The molecule has 0 radical (unpaired) electrons. The van der Waals surface area contributed by atoms with Crippen LogP contribution in [-0.4, -0.2) is 58.6 Å². The zero-order chi connectivity index (χ0) is 31.1. The molecule has 5 rings (SSSR count). The first-order valence-corrected chi connectivity index (χ1v) is 15.2. The molecule has 3 aromatic rings. The fourth-order valence-electron chi connectivity index (χ4n) is 6.25. The Kier molecular flexibility index (Phi) is 8.40. The zero-order valence-corrected chi connectivity index (χ0v) is 26.8. The summed E-state index contributed by atoms with van der Waals surface area (Å²) in [6.07, 6.45) is 1.78. The van der Waals surface area contributed by atoms with Crippen molar-refractivity contribution in [2.75, 3.05) is 36.5 Å². The van der Waals surface area contributed by atoms with Crippen molar-refractivity contribution in [3.05, 3.63) is 58.4 Å². The van der Waals surface area contributed by atoms with Crippen LogP contribution in [0.15, 0.2) is 30.3 Å². The number of methoxy groups -OCH3 is 1. The maximum Gasteiger partial charge on any atom is 0.337 e. The van der Waals surface area contributed by atoms with Gasteiger partial charge in [-0.25, -0.2) is 4.79 Å². The van der Waals surface area contributed by atoms with Gasteiger partial charge in [0.25, 0.3) is 0 Å². The Morgan fingerprint density at radius 2 is 1.70 bits per heavy atom. The van der Waals surface area contributed by atoms with E-state index in [4.69, 9.17) is 14.5 Å². The maximum atomic E-state index is 12.8. The van der Waals surface area contributed by atoms with Gasteiger partial charge >= 0.3 is 5.97 Å². The second kappa shape index (κ2) is 11.8. The number of hydrogen-bond donors (Lipinski definition) is 1. The number of pyridine rings is 1. The van der Waals surface area contributed by atoms with E-state index in [1.807, 2.05) is 46.8 Å². The van der Waals surface area contributed by atoms with E-state index in [1.54, 1.807) is 7.11 Å². The lowest BCUT2D eigenvalue weighted by Gasteiger charge is -2.41. The highest BCUT2D eigenvalue weighted by Gasteiger charge is 2.36. The highest BCUT2D eigenvalue weighted by atomic mass is 16.5. The summed E-state index contributed by atoms with van der Waals surface area (Å²) in [6, 6.07) is 10.4. The fraction of sp³-hybridized carbons (Fsp3) is 0.529. The number of benzene rings is 1. The summed E-state index contributed by atoms with van der Waals surface area (Å²) >= 11 is 0. The summed E-state index contributed by atoms with van der Waals surface area (Å²) in [7, 11) is 1.59. The van der Waals surface area contributed by atoms with Crippen LogP contribution in [0.25, 0.3) is 11.1 Å². The number of aromatic nitrogens is 3. The predicted octanol–water partition coefficient (Wildman–Crippen LogP) is 6.29. The van der Waals surface area contributed by atoms with Crippen molar-refractivity contribution in [3.8, 4) is 17.0 Å². The van der Waals surface area contributed by atoms with Gasteiger partial charge in [-0.15, -0.1) is 10.2 Å². The fourth-order valence-corrected chi connectivity index (χ4v) is 6.25. The molecule has 2 aliphatic heterocycles. The second-order valence-electron chi connectivity index (χ2n) is 13.6. The topological polar surface area (TPSA) is 101 Å². The standard InChI is InChI=1S/C34H45N5O4/c1-21-28(24-9-10-25-20-39(16-13-23(25)19-24)26-11-12-27(42-8)37-36-26)30(38-17-14-34(6,7)15-18-38)29(22(2)35-21)31(32(40)41)43-33(3,4)5/h9-12,19,31H,13-18,20H2,1-8H3,(H,40,41). The zero-order valence-electron chi connectivity index (χ0n) is 26.8. The number of carbonyl (C=O) groups is 1. The lowest BCUT2D eigenvalue weighted by Crippen LogP contribution is -2.39. The van der Waals surface area contributed by atoms with Gasteiger partial charge in [-0.3, -0.25) is 4.98 Å². The van der Waals surface area contributed by atoms with E-state index in [1.165, 1.54) is 11.1 Å². The molecule has 9 nitrogen and oxygen atoms in total. The van der Waals surface area contributed by atoms with Crippen molar-refractivity contribution in [1.82, 2.24) is 15.2 Å². The Morgan fingerprint density at radius 3 is 2.30 bits per heavy atom. The first kappa shape index (κ1) is 30.7. The normalized spacial score (nSPS) is 17.4. The van der Waals surface area contributed by atoms with Gasteiger partial charge in [0, 0.05) is 54.8 Å². The van der Waals surface area contributed by atoms with Crippen LogP contribution in [0.3, 0.4) is 0 Å². The van der Waals surface area contributed by atoms with Crippen molar-refractivity contribution in [2.24, 2.45) is 5.41 Å². The smallest absolute Gasteiger partial charge is 0.337 e. The second-order valence-corrected chi connectivity index (χ2v) is 13.6. The molecule has 1 unspecified atom stereocenters. The van der Waals surface area contributed by atoms with Crippen molar-refractivity contribution < 1.29 is 19.4 Å². The third kappa shape index (κ3) is 6.61. The maximum absolute atomic E-state index is 12.8. The van der Waals surface area contributed by atoms with Gasteiger partial charge in [0.15, 0.2) is 11.9 Å². The van der Waals surface area contributed by atoms with Gasteiger partial charge in [-0.05, 0) is 82.1 Å². The molecule has 1 aromatic carbocycles. The van der Waals surface area contributed by atoms with Gasteiger partial charge < -0.3 is 24.4 Å². The number of hydrogen-bond acceptors (Lipinski definition) is 8. The highest BCUT2D eigenvalue weighted by molar-refractivity contribution is 5.88. The van der Waals surface area contributed by atoms with Gasteiger partial charge in [0.2, 0.25) is 5.88 Å². The van der Waals surface area contributed by atoms with Crippen LogP contribution in [0.1, 0.15) is 81.6 Å². The minimum Gasteiger partial charge on any atom is -0.480 e. The number of aliphatic carboxylic acids is 1. The van der Waals surface area contributed by atoms with E-state index in [0.717, 1.165) is 73.8 Å². The number of piperidine rings is 1. The number of aryl methyl sites for hydroxylation is 2. The Balaban J connectivity index is 1.59. The third-order valence-corrected chi connectivity index (χ3v) is 8.64. The van der Waals surface area contributed by atoms with E-state index in [9.17, 15) is 9.90 Å². The van der Waals surface area contributed by atoms with Crippen LogP contribution in [-0.2, 0) is 22.5 Å². The average molecular weight is 588 g/mol. The summed E-state index contributed by atoms with van der Waals surface area (Å²) in [5.41, 5.74) is 7.38. The summed E-state index contributed by atoms with van der Waals surface area (Å²) in [5, 5.41) is 19.0. The van der Waals surface area contributed by atoms with E-state index in [-0.39, 0.29) is 5.41 Å². The summed E-state index contributed by atoms with van der Waals surface area (Å²) in [4.78, 5) is 22.3. The van der Waals surface area contributed by atoms with Crippen molar-refractivity contribution in [2.45, 2.75) is 86.0 Å². The lowest BCUT2D eigenvalue weighted by molar-refractivity contribution is -0.160. The molecule has 0 bridgehead atoms. The first-order valence-electron chi connectivity index (χ1n) is 15.2. The molecule has 0 aliphatic carbocycles. The van der Waals surface area contributed by atoms with Crippen LogP contribution in [0.5, 0.6) is 5.88 Å². The predicted molar refractivity (Wildman–Crippen MR) is 169 cm³/mol. The van der Waals surface area contributed by atoms with E-state index in [2.05, 4.69) is 52.0 Å². The molecule has 0 spiro atoms. The number of anilines is 2. The highest BCUT2D eigenvalue weighted by Crippen LogP contribution is 2.45. The molecular weight excluding hydrogens is 542 g/mol. The van der Waals surface area contributed by atoms with Crippen LogP contribution < -0.4 is 14.5 Å². The molecule has 4 heterocycles. The van der Waals surface area contributed by atoms with E-state index >= 15 is 0 Å². The molecular formula is C34H45N5O4. The molecule has 0 amide bonds. The van der Waals surface area contributed by atoms with Crippen molar-refractivity contribution in [1.29, 1.82) is 0 Å². The Hall–Kier alpha value is -3.72. The molecule has 230 valence electrons. The summed E-state index contributed by atoms with van der Waals surface area (Å²) < 4.78 is 11.4. The molecule has 2 aliphatic rings. The number of carboxylic acids is 1. The van der Waals surface area contributed by atoms with Gasteiger partial charge in [0.1, 0.15) is 0 Å². The number of rotatable bonds is 7. The number of ether oxygens (including phenoxy) is 2. The summed E-state index contributed by atoms with van der Waals surface area (Å²) in [6.45, 7) is 17.5. The van der Waals surface area contributed by atoms with Crippen molar-refractivity contribution in [3.63, 3.8) is 0 Å². The molecule has 1 N–H and O–H groups in total. The van der Waals surface area contributed by atoms with Gasteiger partial charge in [-0.2, -0.15) is 0 Å². The first-order chi connectivity index (χ1) is 20.3. The minimum absolute atomic E-state index is 0.244. The average Bonchev–Trinajstić information content (AvgIpc) is 2.95. The van der Waals surface area contributed by atoms with E-state index < -0.39 is 17.7 Å². The van der Waals surface area contributed by atoms with Crippen LogP contribution in [0, 0.1) is 19.3 Å². The monoisotopic (exact) mass is 587 g/mol. The molecule has 9 heteroatoms. The molecule has 2 aromatic heterocycles. The van der Waals surface area contributed by atoms with Crippen LogP contribution >= 0.6 is 0 Å². The lowest BCUT2D eigenvalue weighted by atomic mass is 9.81. The molecule has 1 fully saturated rings. The Bertz CT molecular complexity index is 1490. The van der Waals surface area contributed by atoms with E-state index in [0.29, 0.717) is 17.1 Å². The quantitative estimate of drug-likeness (QED) is 0.342. The van der Waals surface area contributed by atoms with Gasteiger partial charge in [0.05, 0.1) is 18.4 Å². The third-order valence-electron chi connectivity index (χ3n) is 8.64. The minimum atomic E-state index is -1.13. The Morgan fingerprint density at radius 1 is 0.977 bits per heavy atom. The number of fused-ring (bicyclic) bond motifs is 1. The molecule has 1 atom stereocenters. The van der Waals surface area contributed by atoms with Crippen LogP contribution in [0.4, 0.5) is 11.5 Å². The number of nitrogens with zero attached hydrogens (tertiary/aromatic N) is 5. The summed E-state index contributed by atoms with van der Waals surface area (Å²) in [5.74, 6) is 0.325. The molecule has 1 saturated heterocycles. The van der Waals surface area contributed by atoms with Crippen molar-refractivity contribution >= 4 is 17.5 Å². The largest absolute Gasteiger partial charge is 0.480 e. The number of carboxylic acid groups (broad SMARTS) is 1. The molecule has 43 heavy (non-hydrogen) atoms. The van der Waals surface area contributed by atoms with Crippen LogP contribution in [0.2, 0.25) is 0 Å². The van der Waals surface area contributed by atoms with Gasteiger partial charge in [-0.1, -0.05) is 32.0 Å².